The van der Waals surface area contributed by atoms with Crippen LogP contribution in [-0.2, 0) is 12.7 Å². The van der Waals surface area contributed by atoms with Gasteiger partial charge in [0.25, 0.3) is 0 Å². The molecule has 0 unspecified atom stereocenters. The van der Waals surface area contributed by atoms with E-state index in [-0.39, 0.29) is 17.7 Å². The van der Waals surface area contributed by atoms with Gasteiger partial charge in [-0.05, 0) is 17.7 Å². The van der Waals surface area contributed by atoms with E-state index in [4.69, 9.17) is 11.5 Å². The summed E-state index contributed by atoms with van der Waals surface area (Å²) in [6.07, 6.45) is -4.53. The minimum Gasteiger partial charge on any atom is -0.366 e. The van der Waals surface area contributed by atoms with Gasteiger partial charge in [0.1, 0.15) is 0 Å². The molecule has 0 aliphatic carbocycles. The first kappa shape index (κ1) is 11.5. The van der Waals surface area contributed by atoms with E-state index in [1.807, 2.05) is 0 Å². The van der Waals surface area contributed by atoms with Gasteiger partial charge in [-0.1, -0.05) is 6.07 Å². The van der Waals surface area contributed by atoms with Crippen molar-refractivity contribution in [1.82, 2.24) is 0 Å². The Morgan fingerprint density at radius 3 is 2.33 bits per heavy atom. The molecule has 0 spiro atoms. The molecule has 4 N–H and O–H groups in total. The minimum absolute atomic E-state index is 0.0625. The molecule has 1 amide bonds. The highest BCUT2D eigenvalue weighted by Gasteiger charge is 2.33. The van der Waals surface area contributed by atoms with Crippen LogP contribution in [-0.4, -0.2) is 5.91 Å². The molecule has 0 radical (unpaired) electrons. The molecule has 0 aliphatic rings. The van der Waals surface area contributed by atoms with Crippen LogP contribution in [0, 0.1) is 0 Å². The lowest BCUT2D eigenvalue weighted by molar-refractivity contribution is -0.138. The van der Waals surface area contributed by atoms with Gasteiger partial charge in [-0.2, -0.15) is 13.2 Å². The van der Waals surface area contributed by atoms with Crippen molar-refractivity contribution in [3.05, 3.63) is 34.9 Å². The number of amides is 1. The molecule has 1 rings (SSSR count). The number of alkyl halides is 3. The van der Waals surface area contributed by atoms with Crippen molar-refractivity contribution in [3.8, 4) is 0 Å². The van der Waals surface area contributed by atoms with Gasteiger partial charge in [-0.25, -0.2) is 0 Å². The number of halogens is 3. The normalized spacial score (nSPS) is 11.5. The van der Waals surface area contributed by atoms with Crippen molar-refractivity contribution < 1.29 is 18.0 Å². The summed E-state index contributed by atoms with van der Waals surface area (Å²) < 4.78 is 37.4. The topological polar surface area (TPSA) is 69.1 Å². The maximum absolute atomic E-state index is 12.5. The summed E-state index contributed by atoms with van der Waals surface area (Å²) in [5.74, 6) is -0.899. The van der Waals surface area contributed by atoms with Crippen LogP contribution < -0.4 is 11.5 Å². The summed E-state index contributed by atoms with van der Waals surface area (Å²) in [6.45, 7) is -0.242. The van der Waals surface area contributed by atoms with E-state index in [2.05, 4.69) is 0 Å². The molecule has 0 atom stereocenters. The van der Waals surface area contributed by atoms with Crippen LogP contribution in [0.25, 0.3) is 0 Å². The molecule has 15 heavy (non-hydrogen) atoms. The number of benzene rings is 1. The highest BCUT2D eigenvalue weighted by Crippen LogP contribution is 2.32. The van der Waals surface area contributed by atoms with Crippen LogP contribution >= 0.6 is 0 Å². The Kier molecular flexibility index (Phi) is 2.99. The monoisotopic (exact) mass is 218 g/mol. The van der Waals surface area contributed by atoms with Crippen molar-refractivity contribution >= 4 is 5.91 Å². The fourth-order valence-electron chi connectivity index (χ4n) is 1.17. The third-order valence-electron chi connectivity index (χ3n) is 1.92. The summed E-state index contributed by atoms with van der Waals surface area (Å²) in [7, 11) is 0. The van der Waals surface area contributed by atoms with E-state index < -0.39 is 17.6 Å². The summed E-state index contributed by atoms with van der Waals surface area (Å²) >= 11 is 0. The van der Waals surface area contributed by atoms with E-state index in [1.54, 1.807) is 0 Å². The second-order valence-electron chi connectivity index (χ2n) is 2.94. The number of rotatable bonds is 2. The van der Waals surface area contributed by atoms with Gasteiger partial charge in [0.15, 0.2) is 0 Å². The van der Waals surface area contributed by atoms with Crippen molar-refractivity contribution in [2.24, 2.45) is 11.5 Å². The number of primary amides is 1. The summed E-state index contributed by atoms with van der Waals surface area (Å²) in [5, 5.41) is 0. The number of carbonyl (C=O) groups excluding carboxylic acids is 1. The molecule has 0 saturated heterocycles. The van der Waals surface area contributed by atoms with Crippen LogP contribution in [0.3, 0.4) is 0 Å². The SMILES string of the molecule is NCc1ccc(C(N)=O)cc1C(F)(F)F. The number of hydrogen-bond donors (Lipinski definition) is 2. The largest absolute Gasteiger partial charge is 0.416 e. The van der Waals surface area contributed by atoms with Gasteiger partial charge in [0.05, 0.1) is 5.56 Å². The Bertz CT molecular complexity index is 387. The van der Waals surface area contributed by atoms with Crippen molar-refractivity contribution in [2.45, 2.75) is 12.7 Å². The molecule has 0 saturated carbocycles. The molecule has 0 fully saturated rings. The molecular weight excluding hydrogens is 209 g/mol. The van der Waals surface area contributed by atoms with Crippen LogP contribution in [0.2, 0.25) is 0 Å². The molecule has 6 heteroatoms. The van der Waals surface area contributed by atoms with E-state index in [0.717, 1.165) is 6.07 Å². The fraction of sp³-hybridized carbons (Fsp3) is 0.222. The average Bonchev–Trinajstić information content (AvgIpc) is 2.15. The van der Waals surface area contributed by atoms with Gasteiger partial charge in [0.2, 0.25) is 5.91 Å². The molecule has 1 aromatic rings. The van der Waals surface area contributed by atoms with Crippen LogP contribution in [0.15, 0.2) is 18.2 Å². The second-order valence-corrected chi connectivity index (χ2v) is 2.94. The lowest BCUT2D eigenvalue weighted by atomic mass is 10.0. The predicted molar refractivity (Wildman–Crippen MR) is 47.9 cm³/mol. The van der Waals surface area contributed by atoms with Crippen LogP contribution in [0.4, 0.5) is 13.2 Å². The van der Waals surface area contributed by atoms with Gasteiger partial charge < -0.3 is 11.5 Å². The highest BCUT2D eigenvalue weighted by atomic mass is 19.4. The van der Waals surface area contributed by atoms with Gasteiger partial charge in [0, 0.05) is 12.1 Å². The quantitative estimate of drug-likeness (QED) is 0.784. The van der Waals surface area contributed by atoms with Crippen LogP contribution in [0.1, 0.15) is 21.5 Å². The van der Waals surface area contributed by atoms with E-state index in [9.17, 15) is 18.0 Å². The number of carbonyl (C=O) groups is 1. The predicted octanol–water partition coefficient (Wildman–Crippen LogP) is 1.26. The smallest absolute Gasteiger partial charge is 0.366 e. The lowest BCUT2D eigenvalue weighted by Gasteiger charge is -2.12. The zero-order chi connectivity index (χ0) is 11.6. The van der Waals surface area contributed by atoms with Crippen LogP contribution in [0.5, 0.6) is 0 Å². The van der Waals surface area contributed by atoms with Gasteiger partial charge >= 0.3 is 6.18 Å². The standard InChI is InChI=1S/C9H9F3N2O/c10-9(11,12)7-3-5(8(14)15)1-2-6(7)4-13/h1-3H,4,13H2,(H2,14,15). The van der Waals surface area contributed by atoms with E-state index >= 15 is 0 Å². The second kappa shape index (κ2) is 3.90. The highest BCUT2D eigenvalue weighted by molar-refractivity contribution is 5.93. The minimum atomic E-state index is -4.53. The lowest BCUT2D eigenvalue weighted by Crippen LogP contribution is -2.16. The number of hydrogen-bond acceptors (Lipinski definition) is 2. The maximum Gasteiger partial charge on any atom is 0.416 e. The molecule has 0 aliphatic heterocycles. The Morgan fingerprint density at radius 2 is 1.93 bits per heavy atom. The fourth-order valence-corrected chi connectivity index (χ4v) is 1.17. The summed E-state index contributed by atoms with van der Waals surface area (Å²) in [5.41, 5.74) is 8.88. The molecule has 0 bridgehead atoms. The Hall–Kier alpha value is -1.56. The third kappa shape index (κ3) is 2.47. The zero-order valence-corrected chi connectivity index (χ0v) is 7.64. The zero-order valence-electron chi connectivity index (χ0n) is 7.64. The first-order chi connectivity index (χ1) is 6.86. The molecule has 0 heterocycles. The first-order valence-electron chi connectivity index (χ1n) is 4.06. The molecule has 1 aromatic carbocycles. The van der Waals surface area contributed by atoms with Crippen molar-refractivity contribution in [2.75, 3.05) is 0 Å². The molecule has 3 nitrogen and oxygen atoms in total. The Labute approximate surface area is 83.9 Å². The Morgan fingerprint density at radius 1 is 1.33 bits per heavy atom. The number of nitrogens with two attached hydrogens (primary N) is 2. The molecule has 0 aromatic heterocycles. The molecular formula is C9H9F3N2O. The van der Waals surface area contributed by atoms with E-state index in [1.165, 1.54) is 6.07 Å². The Balaban J connectivity index is 3.32. The first-order valence-corrected chi connectivity index (χ1v) is 4.06. The average molecular weight is 218 g/mol. The summed E-state index contributed by atoms with van der Waals surface area (Å²) in [4.78, 5) is 10.7. The molecule has 82 valence electrons. The van der Waals surface area contributed by atoms with Gasteiger partial charge in [-0.3, -0.25) is 4.79 Å². The van der Waals surface area contributed by atoms with Crippen molar-refractivity contribution in [1.29, 1.82) is 0 Å². The third-order valence-corrected chi connectivity index (χ3v) is 1.92. The maximum atomic E-state index is 12.5. The van der Waals surface area contributed by atoms with Gasteiger partial charge in [-0.15, -0.1) is 0 Å². The summed E-state index contributed by atoms with van der Waals surface area (Å²) in [6, 6.07) is 3.09. The van der Waals surface area contributed by atoms with E-state index in [0.29, 0.717) is 6.07 Å². The van der Waals surface area contributed by atoms with Crippen molar-refractivity contribution in [3.63, 3.8) is 0 Å².